The van der Waals surface area contributed by atoms with Gasteiger partial charge >= 0.3 is 0 Å². The zero-order valence-corrected chi connectivity index (χ0v) is 12.6. The number of rotatable bonds is 8. The van der Waals surface area contributed by atoms with Crippen molar-refractivity contribution in [3.8, 4) is 0 Å². The Bertz CT molecular complexity index is 400. The molecule has 0 radical (unpaired) electrons. The Morgan fingerprint density at radius 3 is 2.95 bits per heavy atom. The minimum Gasteiger partial charge on any atom is -0.389 e. The first kappa shape index (κ1) is 15.5. The van der Waals surface area contributed by atoms with Gasteiger partial charge in [-0.2, -0.15) is 5.10 Å². The van der Waals surface area contributed by atoms with E-state index in [1.807, 2.05) is 17.9 Å². The van der Waals surface area contributed by atoms with Gasteiger partial charge < -0.3 is 15.2 Å². The van der Waals surface area contributed by atoms with Gasteiger partial charge in [-0.15, -0.1) is 0 Å². The summed E-state index contributed by atoms with van der Waals surface area (Å²) in [5, 5.41) is 17.6. The van der Waals surface area contributed by atoms with Crippen molar-refractivity contribution < 1.29 is 9.84 Å². The smallest absolute Gasteiger partial charge is 0.0897 e. The maximum absolute atomic E-state index is 9.91. The van der Waals surface area contributed by atoms with Crippen LogP contribution in [0.15, 0.2) is 6.20 Å². The van der Waals surface area contributed by atoms with Gasteiger partial charge in [0.05, 0.1) is 24.5 Å². The molecule has 1 aromatic heterocycles. The summed E-state index contributed by atoms with van der Waals surface area (Å²) < 4.78 is 7.55. The van der Waals surface area contributed by atoms with Gasteiger partial charge in [0.2, 0.25) is 0 Å². The molecule has 0 bridgehead atoms. The van der Waals surface area contributed by atoms with E-state index in [0.717, 1.165) is 31.5 Å². The van der Waals surface area contributed by atoms with Crippen LogP contribution in [0.3, 0.4) is 0 Å². The quantitative estimate of drug-likeness (QED) is 0.756. The van der Waals surface area contributed by atoms with Crippen LogP contribution in [0.1, 0.15) is 43.9 Å². The van der Waals surface area contributed by atoms with E-state index in [0.29, 0.717) is 19.3 Å². The van der Waals surface area contributed by atoms with Crippen LogP contribution < -0.4 is 5.32 Å². The molecule has 0 aromatic carbocycles. The zero-order valence-electron chi connectivity index (χ0n) is 12.6. The van der Waals surface area contributed by atoms with E-state index in [2.05, 4.69) is 17.3 Å². The molecule has 0 amide bonds. The number of hydrogen-bond donors (Lipinski definition) is 2. The Hall–Kier alpha value is -0.910. The van der Waals surface area contributed by atoms with Crippen molar-refractivity contribution in [1.29, 1.82) is 0 Å². The first-order valence-electron chi connectivity index (χ1n) is 7.70. The van der Waals surface area contributed by atoms with Crippen molar-refractivity contribution in [3.05, 3.63) is 17.5 Å². The highest BCUT2D eigenvalue weighted by Crippen LogP contribution is 2.20. The number of nitrogens with one attached hydrogen (secondary N) is 1. The first-order valence-corrected chi connectivity index (χ1v) is 7.70. The molecule has 0 aliphatic heterocycles. The predicted octanol–water partition coefficient (Wildman–Crippen LogP) is 1.39. The number of aliphatic hydroxyl groups is 1. The lowest BCUT2D eigenvalue weighted by atomic mass is 10.2. The molecule has 1 heterocycles. The molecule has 1 fully saturated rings. The number of ether oxygens (including phenoxy) is 1. The van der Waals surface area contributed by atoms with Crippen molar-refractivity contribution in [3.63, 3.8) is 0 Å². The van der Waals surface area contributed by atoms with E-state index in [1.54, 1.807) is 0 Å². The van der Waals surface area contributed by atoms with Crippen molar-refractivity contribution in [2.24, 2.45) is 7.05 Å². The minimum absolute atomic E-state index is 0.370. The van der Waals surface area contributed by atoms with Crippen LogP contribution >= 0.6 is 0 Å². The largest absolute Gasteiger partial charge is 0.389 e. The Morgan fingerprint density at radius 2 is 2.25 bits per heavy atom. The topological polar surface area (TPSA) is 59.3 Å². The molecule has 1 saturated carbocycles. The Labute approximate surface area is 121 Å². The van der Waals surface area contributed by atoms with Gasteiger partial charge in [0.1, 0.15) is 0 Å². The van der Waals surface area contributed by atoms with Gasteiger partial charge in [0.15, 0.2) is 0 Å². The van der Waals surface area contributed by atoms with Crippen LogP contribution in [0, 0.1) is 0 Å². The Morgan fingerprint density at radius 1 is 1.50 bits per heavy atom. The zero-order chi connectivity index (χ0) is 14.4. The molecule has 0 saturated heterocycles. The van der Waals surface area contributed by atoms with Gasteiger partial charge in [0.25, 0.3) is 0 Å². The molecule has 114 valence electrons. The fourth-order valence-corrected chi connectivity index (χ4v) is 2.76. The molecule has 1 aliphatic rings. The number of hydrogen-bond acceptors (Lipinski definition) is 4. The van der Waals surface area contributed by atoms with E-state index in [9.17, 15) is 5.11 Å². The number of aromatic nitrogens is 2. The summed E-state index contributed by atoms with van der Waals surface area (Å²) in [7, 11) is 1.94. The maximum atomic E-state index is 9.91. The lowest BCUT2D eigenvalue weighted by molar-refractivity contribution is -0.00550. The Balaban J connectivity index is 1.64. The number of aliphatic hydroxyl groups excluding tert-OH is 1. The van der Waals surface area contributed by atoms with E-state index in [1.165, 1.54) is 18.4 Å². The average molecular weight is 281 g/mol. The van der Waals surface area contributed by atoms with E-state index < -0.39 is 6.10 Å². The molecule has 2 N–H and O–H groups in total. The normalized spacial score (nSPS) is 17.8. The SMILES string of the molecule is CCc1nn(C)cc1CNCC(O)COC1CCCC1. The molecular weight excluding hydrogens is 254 g/mol. The van der Waals surface area contributed by atoms with Crippen LogP contribution in [0.25, 0.3) is 0 Å². The summed E-state index contributed by atoms with van der Waals surface area (Å²) in [6, 6.07) is 0. The Kier molecular flexibility index (Phi) is 6.01. The van der Waals surface area contributed by atoms with Gasteiger partial charge in [-0.25, -0.2) is 0 Å². The molecule has 1 aliphatic carbocycles. The second-order valence-electron chi connectivity index (χ2n) is 5.65. The molecule has 5 heteroatoms. The van der Waals surface area contributed by atoms with Crippen molar-refractivity contribution in [2.45, 2.75) is 57.8 Å². The van der Waals surface area contributed by atoms with Crippen LogP contribution in [0.4, 0.5) is 0 Å². The van der Waals surface area contributed by atoms with Gasteiger partial charge in [-0.05, 0) is 19.3 Å². The molecular formula is C15H27N3O2. The summed E-state index contributed by atoms with van der Waals surface area (Å²) in [4.78, 5) is 0. The highest BCUT2D eigenvalue weighted by molar-refractivity contribution is 5.16. The molecule has 0 spiro atoms. The van der Waals surface area contributed by atoms with Crippen molar-refractivity contribution >= 4 is 0 Å². The third-order valence-electron chi connectivity index (χ3n) is 3.85. The van der Waals surface area contributed by atoms with Gasteiger partial charge in [-0.1, -0.05) is 19.8 Å². The lowest BCUT2D eigenvalue weighted by Gasteiger charge is -2.16. The molecule has 1 atom stereocenters. The van der Waals surface area contributed by atoms with Crippen molar-refractivity contribution in [1.82, 2.24) is 15.1 Å². The standard InChI is InChI=1S/C15H27N3O2/c1-3-15-12(10-18(2)17-15)8-16-9-13(19)11-20-14-6-4-5-7-14/h10,13-14,16,19H,3-9,11H2,1-2H3. The van der Waals surface area contributed by atoms with Gasteiger partial charge in [-0.3, -0.25) is 4.68 Å². The van der Waals surface area contributed by atoms with E-state index in [4.69, 9.17) is 4.74 Å². The first-order chi connectivity index (χ1) is 9.69. The van der Waals surface area contributed by atoms with Crippen LogP contribution in [-0.2, 0) is 24.8 Å². The molecule has 1 unspecified atom stereocenters. The molecule has 5 nitrogen and oxygen atoms in total. The molecule has 1 aromatic rings. The van der Waals surface area contributed by atoms with E-state index >= 15 is 0 Å². The predicted molar refractivity (Wildman–Crippen MR) is 78.5 cm³/mol. The monoisotopic (exact) mass is 281 g/mol. The summed E-state index contributed by atoms with van der Waals surface area (Å²) >= 11 is 0. The summed E-state index contributed by atoms with van der Waals surface area (Å²) in [6.07, 6.45) is 7.73. The average Bonchev–Trinajstić information content (AvgIpc) is 3.05. The second kappa shape index (κ2) is 7.76. The molecule has 20 heavy (non-hydrogen) atoms. The fraction of sp³-hybridized carbons (Fsp3) is 0.800. The second-order valence-corrected chi connectivity index (χ2v) is 5.65. The van der Waals surface area contributed by atoms with Crippen LogP contribution in [-0.4, -0.2) is 40.2 Å². The number of aryl methyl sites for hydroxylation is 2. The maximum Gasteiger partial charge on any atom is 0.0897 e. The summed E-state index contributed by atoms with van der Waals surface area (Å²) in [5.41, 5.74) is 2.33. The van der Waals surface area contributed by atoms with Crippen molar-refractivity contribution in [2.75, 3.05) is 13.2 Å². The lowest BCUT2D eigenvalue weighted by Crippen LogP contribution is -2.31. The van der Waals surface area contributed by atoms with Gasteiger partial charge in [0, 0.05) is 31.9 Å². The van der Waals surface area contributed by atoms with Crippen LogP contribution in [0.5, 0.6) is 0 Å². The summed E-state index contributed by atoms with van der Waals surface area (Å²) in [5.74, 6) is 0. The summed E-state index contributed by atoms with van der Waals surface area (Å²) in [6.45, 7) is 3.85. The third kappa shape index (κ3) is 4.58. The minimum atomic E-state index is -0.433. The fourth-order valence-electron chi connectivity index (χ4n) is 2.76. The number of nitrogens with zero attached hydrogens (tertiary/aromatic N) is 2. The molecule has 2 rings (SSSR count). The van der Waals surface area contributed by atoms with Crippen LogP contribution in [0.2, 0.25) is 0 Å². The highest BCUT2D eigenvalue weighted by Gasteiger charge is 2.16. The highest BCUT2D eigenvalue weighted by atomic mass is 16.5. The van der Waals surface area contributed by atoms with E-state index in [-0.39, 0.29) is 0 Å². The third-order valence-corrected chi connectivity index (χ3v) is 3.85.